The lowest BCUT2D eigenvalue weighted by Crippen LogP contribution is -2.44. The van der Waals surface area contributed by atoms with E-state index in [0.717, 1.165) is 31.6 Å². The fourth-order valence-corrected chi connectivity index (χ4v) is 5.48. The lowest BCUT2D eigenvalue weighted by Gasteiger charge is -2.40. The van der Waals surface area contributed by atoms with Crippen LogP contribution < -0.4 is 0 Å². The van der Waals surface area contributed by atoms with Gasteiger partial charge in [0, 0.05) is 0 Å². The number of carbonyl (C=O) groups is 1. The van der Waals surface area contributed by atoms with Crippen LogP contribution in [0.5, 0.6) is 0 Å². The summed E-state index contributed by atoms with van der Waals surface area (Å²) in [6.07, 6.45) is 8.21. The average molecular weight is 278 g/mol. The molecule has 0 aromatic heterocycles. The van der Waals surface area contributed by atoms with Gasteiger partial charge in [-0.2, -0.15) is 0 Å². The molecule has 0 aromatic carbocycles. The Morgan fingerprint density at radius 3 is 2.40 bits per heavy atom. The van der Waals surface area contributed by atoms with Crippen molar-refractivity contribution in [2.75, 3.05) is 0 Å². The van der Waals surface area contributed by atoms with E-state index in [1.54, 1.807) is 0 Å². The van der Waals surface area contributed by atoms with E-state index in [1.165, 1.54) is 19.3 Å². The van der Waals surface area contributed by atoms with Crippen molar-refractivity contribution in [3.05, 3.63) is 0 Å². The van der Waals surface area contributed by atoms with Crippen molar-refractivity contribution in [2.45, 2.75) is 78.2 Å². The van der Waals surface area contributed by atoms with E-state index >= 15 is 0 Å². The van der Waals surface area contributed by atoms with Crippen LogP contribution in [0.2, 0.25) is 0 Å². The van der Waals surface area contributed by atoms with Gasteiger partial charge in [0.2, 0.25) is 0 Å². The Hall–Kier alpha value is -0.530. The third-order valence-electron chi connectivity index (χ3n) is 6.90. The standard InChI is InChI=1S/C18H30O2/c1-5-18(11-14-6-7-15(18)9-14)20-16(19)17(4)10-12(2)8-13(17)3/h12-15H,5-11H2,1-4H3. The van der Waals surface area contributed by atoms with Crippen LogP contribution in [0.3, 0.4) is 0 Å². The van der Waals surface area contributed by atoms with E-state index in [0.29, 0.717) is 17.8 Å². The second-order valence-corrected chi connectivity index (χ2v) is 8.25. The first-order valence-electron chi connectivity index (χ1n) is 8.63. The van der Waals surface area contributed by atoms with Crippen LogP contribution in [0.15, 0.2) is 0 Å². The van der Waals surface area contributed by atoms with Crippen LogP contribution >= 0.6 is 0 Å². The van der Waals surface area contributed by atoms with Crippen molar-refractivity contribution in [3.8, 4) is 0 Å². The lowest BCUT2D eigenvalue weighted by atomic mass is 9.78. The zero-order valence-electron chi connectivity index (χ0n) is 13.6. The van der Waals surface area contributed by atoms with Gasteiger partial charge < -0.3 is 4.74 Å². The number of hydrogen-bond donors (Lipinski definition) is 0. The summed E-state index contributed by atoms with van der Waals surface area (Å²) in [5.74, 6) is 2.67. The molecule has 0 aliphatic heterocycles. The Morgan fingerprint density at radius 1 is 1.20 bits per heavy atom. The maximum Gasteiger partial charge on any atom is 0.312 e. The highest BCUT2D eigenvalue weighted by Gasteiger charge is 2.55. The number of fused-ring (bicyclic) bond motifs is 2. The van der Waals surface area contributed by atoms with Gasteiger partial charge in [-0.05, 0) is 75.5 Å². The summed E-state index contributed by atoms with van der Waals surface area (Å²) in [7, 11) is 0. The average Bonchev–Trinajstić information content (AvgIpc) is 3.04. The predicted octanol–water partition coefficient (Wildman–Crippen LogP) is 4.57. The summed E-state index contributed by atoms with van der Waals surface area (Å²) < 4.78 is 6.25. The van der Waals surface area contributed by atoms with Crippen molar-refractivity contribution < 1.29 is 9.53 Å². The van der Waals surface area contributed by atoms with Crippen molar-refractivity contribution in [1.82, 2.24) is 0 Å². The Morgan fingerprint density at radius 2 is 1.95 bits per heavy atom. The topological polar surface area (TPSA) is 26.3 Å². The van der Waals surface area contributed by atoms with E-state index in [9.17, 15) is 4.79 Å². The summed E-state index contributed by atoms with van der Waals surface area (Å²) in [5, 5.41) is 0. The highest BCUT2D eigenvalue weighted by atomic mass is 16.6. The number of rotatable bonds is 3. The zero-order valence-corrected chi connectivity index (χ0v) is 13.6. The molecule has 6 unspecified atom stereocenters. The molecule has 3 aliphatic carbocycles. The minimum Gasteiger partial charge on any atom is -0.458 e. The number of ether oxygens (including phenoxy) is 1. The predicted molar refractivity (Wildman–Crippen MR) is 80.2 cm³/mol. The van der Waals surface area contributed by atoms with Gasteiger partial charge in [-0.1, -0.05) is 20.8 Å². The van der Waals surface area contributed by atoms with Crippen LogP contribution in [0.4, 0.5) is 0 Å². The minimum atomic E-state index is -0.247. The SMILES string of the molecule is CCC1(OC(=O)C2(C)CC(C)CC2C)CC2CCC1C2. The summed E-state index contributed by atoms with van der Waals surface area (Å²) >= 11 is 0. The van der Waals surface area contributed by atoms with Gasteiger partial charge in [-0.25, -0.2) is 0 Å². The monoisotopic (exact) mass is 278 g/mol. The summed E-state index contributed by atoms with van der Waals surface area (Å²) in [6, 6.07) is 0. The highest BCUT2D eigenvalue weighted by Crippen LogP contribution is 2.56. The Labute approximate surface area is 123 Å². The second kappa shape index (κ2) is 4.74. The molecule has 3 fully saturated rings. The van der Waals surface area contributed by atoms with Crippen molar-refractivity contribution >= 4 is 5.97 Å². The van der Waals surface area contributed by atoms with E-state index in [4.69, 9.17) is 4.74 Å². The maximum atomic E-state index is 12.9. The van der Waals surface area contributed by atoms with Gasteiger partial charge in [0.15, 0.2) is 0 Å². The third-order valence-corrected chi connectivity index (χ3v) is 6.90. The van der Waals surface area contributed by atoms with Crippen molar-refractivity contribution in [2.24, 2.45) is 29.1 Å². The Balaban J connectivity index is 1.75. The molecule has 0 spiro atoms. The molecule has 0 saturated heterocycles. The maximum absolute atomic E-state index is 12.9. The molecule has 3 saturated carbocycles. The van der Waals surface area contributed by atoms with Crippen LogP contribution in [0.1, 0.15) is 72.6 Å². The zero-order chi connectivity index (χ0) is 14.5. The van der Waals surface area contributed by atoms with Crippen LogP contribution in [0, 0.1) is 29.1 Å². The molecule has 3 rings (SSSR count). The number of carbonyl (C=O) groups excluding carboxylic acids is 1. The van der Waals surface area contributed by atoms with Gasteiger partial charge >= 0.3 is 5.97 Å². The molecule has 3 aliphatic rings. The number of hydrogen-bond acceptors (Lipinski definition) is 2. The molecule has 6 atom stereocenters. The van der Waals surface area contributed by atoms with Gasteiger partial charge in [0.1, 0.15) is 5.60 Å². The first-order valence-corrected chi connectivity index (χ1v) is 8.63. The van der Waals surface area contributed by atoms with Gasteiger partial charge in [-0.15, -0.1) is 0 Å². The van der Waals surface area contributed by atoms with Gasteiger partial charge in [0.25, 0.3) is 0 Å². The van der Waals surface area contributed by atoms with Gasteiger partial charge in [-0.3, -0.25) is 4.79 Å². The van der Waals surface area contributed by atoms with Crippen molar-refractivity contribution in [3.63, 3.8) is 0 Å². The smallest absolute Gasteiger partial charge is 0.312 e. The fraction of sp³-hybridized carbons (Fsp3) is 0.944. The van der Waals surface area contributed by atoms with E-state index in [-0.39, 0.29) is 17.0 Å². The summed E-state index contributed by atoms with van der Waals surface area (Å²) in [4.78, 5) is 12.9. The molecule has 20 heavy (non-hydrogen) atoms. The third kappa shape index (κ3) is 2.02. The van der Waals surface area contributed by atoms with Crippen LogP contribution in [0.25, 0.3) is 0 Å². The van der Waals surface area contributed by atoms with Crippen LogP contribution in [-0.4, -0.2) is 11.6 Å². The summed E-state index contributed by atoms with van der Waals surface area (Å²) in [6.45, 7) is 8.84. The molecule has 0 heterocycles. The molecule has 0 amide bonds. The molecule has 0 aromatic rings. The first-order chi connectivity index (χ1) is 9.39. The molecule has 114 valence electrons. The summed E-state index contributed by atoms with van der Waals surface area (Å²) in [5.41, 5.74) is -0.363. The molecule has 0 radical (unpaired) electrons. The van der Waals surface area contributed by atoms with E-state index in [2.05, 4.69) is 27.7 Å². The Kier molecular flexibility index (Phi) is 3.42. The molecular formula is C18H30O2. The fourth-order valence-electron chi connectivity index (χ4n) is 5.48. The minimum absolute atomic E-state index is 0.101. The van der Waals surface area contributed by atoms with E-state index < -0.39 is 0 Å². The van der Waals surface area contributed by atoms with Gasteiger partial charge in [0.05, 0.1) is 5.41 Å². The number of esters is 1. The lowest BCUT2D eigenvalue weighted by molar-refractivity contribution is -0.180. The molecular weight excluding hydrogens is 248 g/mol. The molecule has 2 nitrogen and oxygen atoms in total. The normalized spacial score (nSPS) is 50.6. The highest BCUT2D eigenvalue weighted by molar-refractivity contribution is 5.77. The molecule has 2 bridgehead atoms. The first kappa shape index (κ1) is 14.4. The Bertz CT molecular complexity index is 404. The molecule has 2 heteroatoms. The second-order valence-electron chi connectivity index (χ2n) is 8.25. The van der Waals surface area contributed by atoms with E-state index in [1.807, 2.05) is 0 Å². The van der Waals surface area contributed by atoms with Crippen LogP contribution in [-0.2, 0) is 9.53 Å². The molecule has 0 N–H and O–H groups in total. The van der Waals surface area contributed by atoms with Crippen molar-refractivity contribution in [1.29, 1.82) is 0 Å². The quantitative estimate of drug-likeness (QED) is 0.707. The largest absolute Gasteiger partial charge is 0.458 e.